The van der Waals surface area contributed by atoms with Crippen molar-refractivity contribution in [2.24, 2.45) is 5.73 Å². The Morgan fingerprint density at radius 3 is 2.75 bits per heavy atom. The van der Waals surface area contributed by atoms with Gasteiger partial charge in [0, 0.05) is 6.04 Å². The molecule has 0 aromatic rings. The molecular weight excluding hydrogens is 180 g/mol. The Morgan fingerprint density at radius 2 is 2.33 bits per heavy atom. The lowest BCUT2D eigenvalue weighted by molar-refractivity contribution is -0.0287. The zero-order valence-corrected chi connectivity index (χ0v) is 7.88. The van der Waals surface area contributed by atoms with E-state index in [0.717, 1.165) is 4.47 Å². The number of hydrogen-bond acceptors (Lipinski definition) is 4. The summed E-state index contributed by atoms with van der Waals surface area (Å²) in [6.45, 7) is 2.39. The molecule has 1 rings (SSSR count). The Bertz CT molecular complexity index is 239. The summed E-state index contributed by atoms with van der Waals surface area (Å²) < 4.78 is 23.6. The fourth-order valence-electron chi connectivity index (χ4n) is 1.03. The lowest BCUT2D eigenvalue weighted by atomic mass is 10.4. The van der Waals surface area contributed by atoms with E-state index in [1.807, 2.05) is 6.92 Å². The zero-order chi connectivity index (χ0) is 9.19. The number of rotatable bonds is 3. The van der Waals surface area contributed by atoms with Crippen molar-refractivity contribution in [3.8, 4) is 0 Å². The van der Waals surface area contributed by atoms with E-state index in [0.29, 0.717) is 13.0 Å². The van der Waals surface area contributed by atoms with Crippen LogP contribution < -0.4 is 5.73 Å². The van der Waals surface area contributed by atoms with Gasteiger partial charge in [0.05, 0.1) is 18.9 Å². The molecule has 72 valence electrons. The van der Waals surface area contributed by atoms with Crippen LogP contribution in [0.5, 0.6) is 0 Å². The van der Waals surface area contributed by atoms with Crippen LogP contribution in [0.3, 0.4) is 0 Å². The minimum Gasteiger partial charge on any atom is -0.324 e. The molecule has 1 fully saturated rings. The summed E-state index contributed by atoms with van der Waals surface area (Å²) in [6.07, 6.45) is 0.595. The molecule has 1 heterocycles. The summed E-state index contributed by atoms with van der Waals surface area (Å²) >= 11 is 0. The second kappa shape index (κ2) is 3.69. The standard InChI is InChI=1S/C6H14N2O3S/c1-2-3-12(9,10)8-4-6(7)5-11-8/h6H,2-5,7H2,1H3. The highest BCUT2D eigenvalue weighted by molar-refractivity contribution is 7.88. The van der Waals surface area contributed by atoms with E-state index in [9.17, 15) is 8.42 Å². The topological polar surface area (TPSA) is 72.6 Å². The summed E-state index contributed by atoms with van der Waals surface area (Å²) in [5, 5.41) is 0. The number of nitrogens with two attached hydrogens (primary N) is 1. The highest BCUT2D eigenvalue weighted by Crippen LogP contribution is 2.10. The van der Waals surface area contributed by atoms with Crippen LogP contribution >= 0.6 is 0 Å². The number of hydrogen-bond donors (Lipinski definition) is 1. The molecule has 0 aliphatic carbocycles. The van der Waals surface area contributed by atoms with Crippen molar-refractivity contribution in [3.05, 3.63) is 0 Å². The highest BCUT2D eigenvalue weighted by atomic mass is 32.2. The minimum absolute atomic E-state index is 0.125. The van der Waals surface area contributed by atoms with Gasteiger partial charge < -0.3 is 5.73 Å². The molecule has 2 N–H and O–H groups in total. The van der Waals surface area contributed by atoms with Gasteiger partial charge in [-0.2, -0.15) is 0 Å². The Hall–Kier alpha value is -0.170. The number of hydroxylamine groups is 1. The van der Waals surface area contributed by atoms with Crippen molar-refractivity contribution in [3.63, 3.8) is 0 Å². The van der Waals surface area contributed by atoms with Crippen LogP contribution in [-0.4, -0.2) is 37.8 Å². The quantitative estimate of drug-likeness (QED) is 0.645. The smallest absolute Gasteiger partial charge is 0.236 e. The summed E-state index contributed by atoms with van der Waals surface area (Å²) in [7, 11) is -3.21. The van der Waals surface area contributed by atoms with Gasteiger partial charge in [-0.15, -0.1) is 0 Å². The van der Waals surface area contributed by atoms with Crippen molar-refractivity contribution in [2.45, 2.75) is 19.4 Å². The molecule has 1 aliphatic heterocycles. The third-order valence-corrected chi connectivity index (χ3v) is 3.39. The summed E-state index contributed by atoms with van der Waals surface area (Å²) in [5.74, 6) is 0.125. The van der Waals surface area contributed by atoms with Gasteiger partial charge in [0.15, 0.2) is 0 Å². The van der Waals surface area contributed by atoms with Crippen LogP contribution in [0, 0.1) is 0 Å². The van der Waals surface area contributed by atoms with E-state index in [1.54, 1.807) is 0 Å². The third-order valence-electron chi connectivity index (χ3n) is 1.59. The Morgan fingerprint density at radius 1 is 1.67 bits per heavy atom. The average Bonchev–Trinajstić information content (AvgIpc) is 2.36. The Labute approximate surface area is 72.5 Å². The molecule has 1 unspecified atom stereocenters. The van der Waals surface area contributed by atoms with Crippen LogP contribution in [0.4, 0.5) is 0 Å². The van der Waals surface area contributed by atoms with E-state index in [1.165, 1.54) is 0 Å². The first-order chi connectivity index (χ1) is 5.56. The van der Waals surface area contributed by atoms with Crippen molar-refractivity contribution in [1.29, 1.82) is 0 Å². The Balaban J connectivity index is 2.58. The van der Waals surface area contributed by atoms with Gasteiger partial charge in [0.1, 0.15) is 0 Å². The first kappa shape index (κ1) is 9.91. The maximum atomic E-state index is 11.3. The van der Waals surface area contributed by atoms with Crippen LogP contribution in [0.1, 0.15) is 13.3 Å². The van der Waals surface area contributed by atoms with Gasteiger partial charge in [-0.05, 0) is 6.42 Å². The van der Waals surface area contributed by atoms with Crippen LogP contribution in [-0.2, 0) is 14.9 Å². The van der Waals surface area contributed by atoms with Gasteiger partial charge in [-0.1, -0.05) is 11.4 Å². The summed E-state index contributed by atoms with van der Waals surface area (Å²) in [5.41, 5.74) is 5.49. The largest absolute Gasteiger partial charge is 0.324 e. The minimum atomic E-state index is -3.21. The van der Waals surface area contributed by atoms with Crippen LogP contribution in [0.15, 0.2) is 0 Å². The molecular formula is C6H14N2O3S. The second-order valence-electron chi connectivity index (χ2n) is 2.86. The van der Waals surface area contributed by atoms with E-state index in [-0.39, 0.29) is 18.3 Å². The van der Waals surface area contributed by atoms with Gasteiger partial charge in [-0.25, -0.2) is 8.42 Å². The van der Waals surface area contributed by atoms with Gasteiger partial charge >= 0.3 is 0 Å². The van der Waals surface area contributed by atoms with Crippen molar-refractivity contribution < 1.29 is 13.3 Å². The molecule has 1 saturated heterocycles. The molecule has 5 nitrogen and oxygen atoms in total. The number of nitrogens with zero attached hydrogens (tertiary/aromatic N) is 1. The molecule has 1 aliphatic rings. The molecule has 0 aromatic carbocycles. The fourth-order valence-corrected chi connectivity index (χ4v) is 2.39. The maximum Gasteiger partial charge on any atom is 0.236 e. The van der Waals surface area contributed by atoms with Gasteiger partial charge in [-0.3, -0.25) is 4.84 Å². The molecule has 0 spiro atoms. The average molecular weight is 194 g/mol. The lowest BCUT2D eigenvalue weighted by Crippen LogP contribution is -2.32. The van der Waals surface area contributed by atoms with E-state index in [2.05, 4.69) is 0 Å². The molecule has 6 heteroatoms. The van der Waals surface area contributed by atoms with Gasteiger partial charge in [0.2, 0.25) is 10.0 Å². The predicted molar refractivity (Wildman–Crippen MR) is 44.7 cm³/mol. The number of sulfonamides is 1. The molecule has 1 atom stereocenters. The first-order valence-electron chi connectivity index (χ1n) is 3.95. The summed E-state index contributed by atoms with van der Waals surface area (Å²) in [4.78, 5) is 4.90. The van der Waals surface area contributed by atoms with E-state index < -0.39 is 10.0 Å². The van der Waals surface area contributed by atoms with Gasteiger partial charge in [0.25, 0.3) is 0 Å². The van der Waals surface area contributed by atoms with E-state index in [4.69, 9.17) is 10.6 Å². The normalized spacial score (nSPS) is 26.3. The second-order valence-corrected chi connectivity index (χ2v) is 4.84. The fraction of sp³-hybridized carbons (Fsp3) is 1.00. The molecule has 0 amide bonds. The molecule has 0 bridgehead atoms. The predicted octanol–water partition coefficient (Wildman–Crippen LogP) is -0.699. The van der Waals surface area contributed by atoms with Crippen molar-refractivity contribution in [2.75, 3.05) is 18.9 Å². The highest BCUT2D eigenvalue weighted by Gasteiger charge is 2.30. The molecule has 0 aromatic heterocycles. The Kier molecular flexibility index (Phi) is 3.05. The van der Waals surface area contributed by atoms with Crippen molar-refractivity contribution >= 4 is 10.0 Å². The zero-order valence-electron chi connectivity index (χ0n) is 7.06. The molecule has 0 radical (unpaired) electrons. The third kappa shape index (κ3) is 2.16. The van der Waals surface area contributed by atoms with Crippen molar-refractivity contribution in [1.82, 2.24) is 4.47 Å². The molecule has 0 saturated carbocycles. The van der Waals surface area contributed by atoms with Crippen LogP contribution in [0.2, 0.25) is 0 Å². The SMILES string of the molecule is CCCS(=O)(=O)N1CC(N)CO1. The van der Waals surface area contributed by atoms with E-state index >= 15 is 0 Å². The molecule has 12 heavy (non-hydrogen) atoms. The summed E-state index contributed by atoms with van der Waals surface area (Å²) in [6, 6.07) is -0.184. The monoisotopic (exact) mass is 194 g/mol. The van der Waals surface area contributed by atoms with Crippen LogP contribution in [0.25, 0.3) is 0 Å². The maximum absolute atomic E-state index is 11.3. The lowest BCUT2D eigenvalue weighted by Gasteiger charge is -2.12. The first-order valence-corrected chi connectivity index (χ1v) is 5.56.